The first-order chi connectivity index (χ1) is 10.9. The van der Waals surface area contributed by atoms with Gasteiger partial charge in [-0.1, -0.05) is 32.0 Å². The molecule has 1 amide bonds. The van der Waals surface area contributed by atoms with Crippen molar-refractivity contribution < 1.29 is 9.21 Å². The van der Waals surface area contributed by atoms with E-state index in [2.05, 4.69) is 18.8 Å². The third-order valence-corrected chi connectivity index (χ3v) is 4.01. The molecule has 0 aliphatic heterocycles. The molecule has 0 saturated heterocycles. The molecule has 1 unspecified atom stereocenters. The summed E-state index contributed by atoms with van der Waals surface area (Å²) in [5.74, 6) is 1.01. The molecule has 0 aliphatic carbocycles. The van der Waals surface area contributed by atoms with Gasteiger partial charge in [0.1, 0.15) is 0 Å². The Bertz CT molecular complexity index is 656. The Hall–Kier alpha value is -1.85. The summed E-state index contributed by atoms with van der Waals surface area (Å²) in [6.45, 7) is 6.55. The van der Waals surface area contributed by atoms with Gasteiger partial charge in [-0.3, -0.25) is 4.79 Å². The van der Waals surface area contributed by atoms with Gasteiger partial charge in [-0.2, -0.15) is 0 Å². The van der Waals surface area contributed by atoms with Crippen molar-refractivity contribution in [2.75, 3.05) is 13.6 Å². The molecule has 1 atom stereocenters. The maximum atomic E-state index is 12.5. The van der Waals surface area contributed by atoms with Crippen molar-refractivity contribution >= 4 is 18.3 Å². The van der Waals surface area contributed by atoms with Gasteiger partial charge in [-0.05, 0) is 31.4 Å². The van der Waals surface area contributed by atoms with Crippen LogP contribution in [0.25, 0.3) is 11.5 Å². The number of nitrogens with zero attached hydrogens (tertiary/aromatic N) is 2. The third kappa shape index (κ3) is 4.82. The maximum Gasteiger partial charge on any atom is 0.291 e. The summed E-state index contributed by atoms with van der Waals surface area (Å²) < 4.78 is 5.70. The van der Waals surface area contributed by atoms with Crippen LogP contribution in [0.4, 0.5) is 0 Å². The van der Waals surface area contributed by atoms with Gasteiger partial charge in [-0.25, -0.2) is 4.98 Å². The lowest BCUT2D eigenvalue weighted by molar-refractivity contribution is 0.0757. The number of benzene rings is 1. The summed E-state index contributed by atoms with van der Waals surface area (Å²) in [4.78, 5) is 18.6. The number of amides is 1. The van der Waals surface area contributed by atoms with Crippen molar-refractivity contribution in [1.29, 1.82) is 0 Å². The predicted octanol–water partition coefficient (Wildman–Crippen LogP) is 3.52. The number of aromatic nitrogens is 1. The van der Waals surface area contributed by atoms with Gasteiger partial charge in [0, 0.05) is 25.2 Å². The van der Waals surface area contributed by atoms with Crippen LogP contribution >= 0.6 is 12.4 Å². The standard InChI is InChI=1S/C18H25N3O2.ClH/c1-12(2)15(19)10-11-21(4)18(22)16-13(3)20-17(23-16)14-8-6-5-7-9-14;/h5-9,12,15H,10-11,19H2,1-4H3;1H. The van der Waals surface area contributed by atoms with E-state index in [4.69, 9.17) is 10.2 Å². The normalized spacial score (nSPS) is 11.9. The Morgan fingerprint density at radius 2 is 1.92 bits per heavy atom. The van der Waals surface area contributed by atoms with Gasteiger partial charge in [-0.15, -0.1) is 12.4 Å². The van der Waals surface area contributed by atoms with Crippen LogP contribution in [0.15, 0.2) is 34.7 Å². The molecule has 1 aromatic heterocycles. The topological polar surface area (TPSA) is 72.4 Å². The van der Waals surface area contributed by atoms with E-state index in [9.17, 15) is 4.79 Å². The average molecular weight is 352 g/mol. The van der Waals surface area contributed by atoms with E-state index in [1.807, 2.05) is 30.3 Å². The Balaban J connectivity index is 0.00000288. The molecule has 0 radical (unpaired) electrons. The zero-order chi connectivity index (χ0) is 17.0. The van der Waals surface area contributed by atoms with E-state index in [1.54, 1.807) is 18.9 Å². The summed E-state index contributed by atoms with van der Waals surface area (Å²) in [6, 6.07) is 9.65. The van der Waals surface area contributed by atoms with E-state index in [1.165, 1.54) is 0 Å². The quantitative estimate of drug-likeness (QED) is 0.864. The van der Waals surface area contributed by atoms with E-state index in [-0.39, 0.29) is 24.4 Å². The van der Waals surface area contributed by atoms with Crippen molar-refractivity contribution in [2.45, 2.75) is 33.2 Å². The summed E-state index contributed by atoms with van der Waals surface area (Å²) in [5.41, 5.74) is 7.51. The number of oxazole rings is 1. The second-order valence-corrected chi connectivity index (χ2v) is 6.22. The van der Waals surface area contributed by atoms with Crippen LogP contribution in [-0.4, -0.2) is 35.4 Å². The smallest absolute Gasteiger partial charge is 0.291 e. The van der Waals surface area contributed by atoms with E-state index >= 15 is 0 Å². The number of rotatable bonds is 6. The predicted molar refractivity (Wildman–Crippen MR) is 98.3 cm³/mol. The molecule has 2 N–H and O–H groups in total. The van der Waals surface area contributed by atoms with E-state index < -0.39 is 0 Å². The monoisotopic (exact) mass is 351 g/mol. The SMILES string of the molecule is Cc1nc(-c2ccccc2)oc1C(=O)N(C)CCC(N)C(C)C.Cl. The second-order valence-electron chi connectivity index (χ2n) is 6.22. The Morgan fingerprint density at radius 1 is 1.29 bits per heavy atom. The number of carbonyl (C=O) groups is 1. The molecular formula is C18H26ClN3O2. The van der Waals surface area contributed by atoms with Gasteiger partial charge in [0.2, 0.25) is 11.7 Å². The highest BCUT2D eigenvalue weighted by atomic mass is 35.5. The van der Waals surface area contributed by atoms with Crippen molar-refractivity contribution in [3.8, 4) is 11.5 Å². The largest absolute Gasteiger partial charge is 0.431 e. The molecule has 2 rings (SSSR count). The number of nitrogens with two attached hydrogens (primary N) is 1. The van der Waals surface area contributed by atoms with E-state index in [0.29, 0.717) is 29.8 Å². The summed E-state index contributed by atoms with van der Waals surface area (Å²) in [5, 5.41) is 0. The van der Waals surface area contributed by atoms with Crippen LogP contribution in [0.1, 0.15) is 36.5 Å². The molecule has 0 spiro atoms. The summed E-state index contributed by atoms with van der Waals surface area (Å²) in [6.07, 6.45) is 0.763. The molecule has 0 bridgehead atoms. The van der Waals surface area contributed by atoms with Crippen molar-refractivity contribution in [3.63, 3.8) is 0 Å². The molecule has 0 fully saturated rings. The van der Waals surface area contributed by atoms with Crippen molar-refractivity contribution in [2.24, 2.45) is 11.7 Å². The van der Waals surface area contributed by atoms with Crippen molar-refractivity contribution in [3.05, 3.63) is 41.8 Å². The maximum absolute atomic E-state index is 12.5. The van der Waals surface area contributed by atoms with Gasteiger partial charge in [0.05, 0.1) is 5.69 Å². The lowest BCUT2D eigenvalue weighted by atomic mass is 10.0. The summed E-state index contributed by atoms with van der Waals surface area (Å²) >= 11 is 0. The highest BCUT2D eigenvalue weighted by Crippen LogP contribution is 2.22. The lowest BCUT2D eigenvalue weighted by Crippen LogP contribution is -2.34. The van der Waals surface area contributed by atoms with Gasteiger partial charge in [0.25, 0.3) is 5.91 Å². The minimum Gasteiger partial charge on any atom is -0.431 e. The fourth-order valence-corrected chi connectivity index (χ4v) is 2.25. The first kappa shape index (κ1) is 20.2. The van der Waals surface area contributed by atoms with E-state index in [0.717, 1.165) is 12.0 Å². The van der Waals surface area contributed by atoms with Crippen LogP contribution in [-0.2, 0) is 0 Å². The zero-order valence-electron chi connectivity index (χ0n) is 14.7. The fourth-order valence-electron chi connectivity index (χ4n) is 2.25. The molecule has 24 heavy (non-hydrogen) atoms. The lowest BCUT2D eigenvalue weighted by Gasteiger charge is -2.20. The minimum atomic E-state index is -0.159. The van der Waals surface area contributed by atoms with Crippen LogP contribution in [0, 0.1) is 12.8 Å². The molecule has 1 heterocycles. The number of hydrogen-bond acceptors (Lipinski definition) is 4. The Morgan fingerprint density at radius 3 is 2.50 bits per heavy atom. The molecule has 0 aliphatic rings. The summed E-state index contributed by atoms with van der Waals surface area (Å²) in [7, 11) is 1.76. The fraction of sp³-hybridized carbons (Fsp3) is 0.444. The van der Waals surface area contributed by atoms with Crippen LogP contribution in [0.2, 0.25) is 0 Å². The van der Waals surface area contributed by atoms with Crippen molar-refractivity contribution in [1.82, 2.24) is 9.88 Å². The van der Waals surface area contributed by atoms with Gasteiger partial charge >= 0.3 is 0 Å². The first-order valence-corrected chi connectivity index (χ1v) is 7.94. The number of aryl methyl sites for hydroxylation is 1. The molecule has 0 saturated carbocycles. The molecule has 132 valence electrons. The zero-order valence-corrected chi connectivity index (χ0v) is 15.5. The average Bonchev–Trinajstić information content (AvgIpc) is 2.94. The molecule has 5 nitrogen and oxygen atoms in total. The Labute approximate surface area is 149 Å². The molecule has 2 aromatic rings. The minimum absolute atomic E-state index is 0. The van der Waals surface area contributed by atoms with Gasteiger partial charge in [0.15, 0.2) is 0 Å². The number of hydrogen-bond donors (Lipinski definition) is 1. The van der Waals surface area contributed by atoms with Crippen LogP contribution in [0.5, 0.6) is 0 Å². The highest BCUT2D eigenvalue weighted by molar-refractivity contribution is 5.92. The number of carbonyl (C=O) groups excluding carboxylic acids is 1. The van der Waals surface area contributed by atoms with Crippen LogP contribution < -0.4 is 5.73 Å². The first-order valence-electron chi connectivity index (χ1n) is 7.94. The third-order valence-electron chi connectivity index (χ3n) is 4.01. The highest BCUT2D eigenvalue weighted by Gasteiger charge is 2.22. The molecular weight excluding hydrogens is 326 g/mol. The molecule has 1 aromatic carbocycles. The second kappa shape index (κ2) is 8.85. The Kier molecular flexibility index (Phi) is 7.45. The number of halogens is 1. The van der Waals surface area contributed by atoms with Crippen LogP contribution in [0.3, 0.4) is 0 Å². The van der Waals surface area contributed by atoms with Gasteiger partial charge < -0.3 is 15.1 Å². The molecule has 6 heteroatoms.